The van der Waals surface area contributed by atoms with Crippen LogP contribution in [0.4, 0.5) is 15.8 Å². The second-order valence-electron chi connectivity index (χ2n) is 9.91. The van der Waals surface area contributed by atoms with Gasteiger partial charge in [0, 0.05) is 54.5 Å². The lowest BCUT2D eigenvalue weighted by Crippen LogP contribution is -2.55. The molecule has 3 aromatic rings. The number of carbonyl (C=O) groups is 1. The number of nitrogens with zero attached hydrogens (tertiary/aromatic N) is 2. The van der Waals surface area contributed by atoms with Gasteiger partial charge in [-0.15, -0.1) is 11.3 Å². The van der Waals surface area contributed by atoms with Gasteiger partial charge in [0.25, 0.3) is 5.91 Å². The number of amides is 1. The number of nitrogens with one attached hydrogen (secondary N) is 2. The second kappa shape index (κ2) is 8.32. The Morgan fingerprint density at radius 3 is 3.09 bits per heavy atom. The normalized spacial score (nSPS) is 25.7. The largest absolute Gasteiger partial charge is 0.491 e. The first-order valence-corrected chi connectivity index (χ1v) is 12.6. The number of halogens is 1. The molecule has 184 valence electrons. The zero-order valence-electron chi connectivity index (χ0n) is 19.7. The van der Waals surface area contributed by atoms with Gasteiger partial charge in [-0.1, -0.05) is 0 Å². The van der Waals surface area contributed by atoms with Gasteiger partial charge in [-0.3, -0.25) is 4.79 Å². The number of carbonyl (C=O) groups excluding carboxylic acids is 1. The number of benzene rings is 1. The zero-order chi connectivity index (χ0) is 24.3. The highest BCUT2D eigenvalue weighted by Gasteiger charge is 2.40. The number of morpholine rings is 1. The average molecular weight is 498 g/mol. The molecule has 3 atom stereocenters. The molecule has 4 aliphatic heterocycles. The van der Waals surface area contributed by atoms with Crippen molar-refractivity contribution in [3.05, 3.63) is 46.2 Å². The van der Waals surface area contributed by atoms with Gasteiger partial charge in [0.15, 0.2) is 0 Å². The van der Waals surface area contributed by atoms with Crippen LogP contribution in [0, 0.1) is 12.7 Å². The molecule has 2 bridgehead atoms. The van der Waals surface area contributed by atoms with E-state index in [2.05, 4.69) is 27.4 Å². The first-order chi connectivity index (χ1) is 16.8. The lowest BCUT2D eigenvalue weighted by Gasteiger charge is -2.43. The molecule has 1 amide bonds. The highest BCUT2D eigenvalue weighted by atomic mass is 32.1. The molecule has 7 rings (SSSR count). The van der Waals surface area contributed by atoms with Gasteiger partial charge >= 0.3 is 0 Å². The Hall–Kier alpha value is -2.95. The molecule has 0 saturated carbocycles. The Morgan fingerprint density at radius 2 is 2.23 bits per heavy atom. The Kier molecular flexibility index (Phi) is 5.35. The number of ether oxygens (including phenoxy) is 2. The number of pyridine rings is 1. The summed E-state index contributed by atoms with van der Waals surface area (Å²) in [5.41, 5.74) is 8.48. The number of aryl methyl sites for hydroxylation is 1. The SMILES string of the molecule is Cc1ccc2c(N)c(C(=O)N[C@H]3COc4cc(N5C[C@@]6(C)CNCC5CO6)cc(F)c4C3)sc2n1. The van der Waals surface area contributed by atoms with Gasteiger partial charge in [-0.25, -0.2) is 9.37 Å². The minimum absolute atomic E-state index is 0.142. The molecule has 1 aromatic carbocycles. The molecule has 1 unspecified atom stereocenters. The van der Waals surface area contributed by atoms with Crippen LogP contribution in [0.15, 0.2) is 24.3 Å². The number of nitrogen functional groups attached to an aromatic ring is 1. The fourth-order valence-electron chi connectivity index (χ4n) is 5.19. The summed E-state index contributed by atoms with van der Waals surface area (Å²) in [6.07, 6.45) is 0.348. The highest BCUT2D eigenvalue weighted by Crippen LogP contribution is 2.37. The number of hydrogen-bond acceptors (Lipinski definition) is 8. The predicted molar refractivity (Wildman–Crippen MR) is 134 cm³/mol. The molecule has 3 saturated heterocycles. The Balaban J connectivity index is 1.20. The lowest BCUT2D eigenvalue weighted by molar-refractivity contribution is -0.0393. The van der Waals surface area contributed by atoms with Gasteiger partial charge in [0.05, 0.1) is 30.0 Å². The van der Waals surface area contributed by atoms with Gasteiger partial charge in [0.1, 0.15) is 27.9 Å². The lowest BCUT2D eigenvalue weighted by atomic mass is 9.99. The zero-order valence-corrected chi connectivity index (χ0v) is 20.5. The summed E-state index contributed by atoms with van der Waals surface area (Å²) >= 11 is 1.26. The van der Waals surface area contributed by atoms with Crippen molar-refractivity contribution in [2.75, 3.05) is 43.5 Å². The highest BCUT2D eigenvalue weighted by molar-refractivity contribution is 7.21. The van der Waals surface area contributed by atoms with Crippen molar-refractivity contribution >= 4 is 38.8 Å². The Bertz CT molecular complexity index is 1330. The van der Waals surface area contributed by atoms with E-state index in [1.807, 2.05) is 25.1 Å². The molecule has 4 N–H and O–H groups in total. The van der Waals surface area contributed by atoms with Crippen molar-refractivity contribution in [1.29, 1.82) is 0 Å². The van der Waals surface area contributed by atoms with Crippen molar-refractivity contribution < 1.29 is 18.7 Å². The van der Waals surface area contributed by atoms with Gasteiger partial charge < -0.3 is 30.7 Å². The van der Waals surface area contributed by atoms with Gasteiger partial charge in [-0.05, 0) is 32.0 Å². The minimum atomic E-state index is -0.361. The van der Waals surface area contributed by atoms with Crippen LogP contribution in [0.5, 0.6) is 5.75 Å². The van der Waals surface area contributed by atoms with E-state index in [1.54, 1.807) is 6.07 Å². The van der Waals surface area contributed by atoms with Crippen LogP contribution in [0.1, 0.15) is 27.9 Å². The molecule has 3 fully saturated rings. The molecule has 8 nitrogen and oxygen atoms in total. The van der Waals surface area contributed by atoms with Crippen LogP contribution >= 0.6 is 11.3 Å². The van der Waals surface area contributed by atoms with Crippen molar-refractivity contribution in [1.82, 2.24) is 15.6 Å². The Morgan fingerprint density at radius 1 is 1.37 bits per heavy atom. The van der Waals surface area contributed by atoms with Crippen LogP contribution in [0.3, 0.4) is 0 Å². The van der Waals surface area contributed by atoms with Crippen molar-refractivity contribution in [2.24, 2.45) is 0 Å². The fourth-order valence-corrected chi connectivity index (χ4v) is 6.23. The molecular formula is C25H28FN5O3S. The second-order valence-corrected chi connectivity index (χ2v) is 10.9. The summed E-state index contributed by atoms with van der Waals surface area (Å²) in [5.74, 6) is -0.0825. The molecule has 2 aromatic heterocycles. The third kappa shape index (κ3) is 3.99. The third-order valence-corrected chi connectivity index (χ3v) is 8.20. The minimum Gasteiger partial charge on any atom is -0.491 e. The predicted octanol–water partition coefficient (Wildman–Crippen LogP) is 2.63. The number of nitrogens with two attached hydrogens (primary N) is 1. The van der Waals surface area contributed by atoms with E-state index in [9.17, 15) is 4.79 Å². The summed E-state index contributed by atoms with van der Waals surface area (Å²) in [6.45, 7) is 7.08. The summed E-state index contributed by atoms with van der Waals surface area (Å²) in [6, 6.07) is 7.03. The summed E-state index contributed by atoms with van der Waals surface area (Å²) in [4.78, 5) is 20.8. The number of anilines is 2. The molecular weight excluding hydrogens is 469 g/mol. The monoisotopic (exact) mass is 497 g/mol. The number of fused-ring (bicyclic) bond motifs is 6. The smallest absolute Gasteiger partial charge is 0.263 e. The van der Waals surface area contributed by atoms with E-state index in [0.29, 0.717) is 41.4 Å². The van der Waals surface area contributed by atoms with E-state index in [4.69, 9.17) is 15.2 Å². The van der Waals surface area contributed by atoms with Gasteiger partial charge in [-0.2, -0.15) is 0 Å². The van der Waals surface area contributed by atoms with Crippen LogP contribution in [-0.2, 0) is 11.2 Å². The average Bonchev–Trinajstić information content (AvgIpc) is 2.95. The maximum Gasteiger partial charge on any atom is 0.263 e. The topological polar surface area (TPSA) is 102 Å². The fraction of sp³-hybridized carbons (Fsp3) is 0.440. The van der Waals surface area contributed by atoms with E-state index < -0.39 is 0 Å². The summed E-state index contributed by atoms with van der Waals surface area (Å²) in [5, 5.41) is 7.17. The molecule has 10 heteroatoms. The standard InChI is InChI=1S/C25H28FN5O3S/c1-13-3-4-17-21(27)22(35-24(17)29-13)23(32)30-14-5-18-19(26)6-15(7-20(18)33-9-14)31-12-25(2)11-28-8-16(31)10-34-25/h3-4,6-7,14,16,28H,5,8-12,27H2,1-2H3,(H,30,32)/t14-,16?,25-/m1/s1. The van der Waals surface area contributed by atoms with E-state index in [0.717, 1.165) is 34.7 Å². The van der Waals surface area contributed by atoms with Gasteiger partial charge in [0.2, 0.25) is 0 Å². The van der Waals surface area contributed by atoms with E-state index in [-0.39, 0.29) is 36.0 Å². The summed E-state index contributed by atoms with van der Waals surface area (Å²) < 4.78 is 27.3. The maximum atomic E-state index is 15.3. The number of hydrogen-bond donors (Lipinski definition) is 3. The summed E-state index contributed by atoms with van der Waals surface area (Å²) in [7, 11) is 0. The first-order valence-electron chi connectivity index (χ1n) is 11.8. The molecule has 6 heterocycles. The van der Waals surface area contributed by atoms with Crippen LogP contribution in [-0.4, -0.2) is 61.4 Å². The third-order valence-electron chi connectivity index (χ3n) is 7.08. The molecule has 4 aliphatic rings. The Labute approximate surface area is 206 Å². The van der Waals surface area contributed by atoms with Crippen molar-refractivity contribution in [3.63, 3.8) is 0 Å². The van der Waals surface area contributed by atoms with Crippen LogP contribution < -0.4 is 26.0 Å². The number of aromatic nitrogens is 1. The molecule has 0 aliphatic carbocycles. The quantitative estimate of drug-likeness (QED) is 0.511. The van der Waals surface area contributed by atoms with Crippen molar-refractivity contribution in [2.45, 2.75) is 38.0 Å². The number of thiophene rings is 1. The maximum absolute atomic E-state index is 15.3. The molecule has 0 spiro atoms. The van der Waals surface area contributed by atoms with Crippen molar-refractivity contribution in [3.8, 4) is 5.75 Å². The van der Waals surface area contributed by atoms with Crippen LogP contribution in [0.25, 0.3) is 10.2 Å². The van der Waals surface area contributed by atoms with E-state index >= 15 is 4.39 Å². The molecule has 35 heavy (non-hydrogen) atoms. The number of rotatable bonds is 3. The van der Waals surface area contributed by atoms with Crippen LogP contribution in [0.2, 0.25) is 0 Å². The molecule has 0 radical (unpaired) electrons. The van der Waals surface area contributed by atoms with E-state index in [1.165, 1.54) is 11.3 Å². The first kappa shape index (κ1) is 22.5.